The van der Waals surface area contributed by atoms with Gasteiger partial charge in [0, 0.05) is 5.69 Å². The Balaban J connectivity index is 1.72. The summed E-state index contributed by atoms with van der Waals surface area (Å²) in [5.41, 5.74) is 1.74. The lowest BCUT2D eigenvalue weighted by atomic mass is 9.95. The van der Waals surface area contributed by atoms with Gasteiger partial charge in [-0.2, -0.15) is 13.2 Å². The zero-order valence-electron chi connectivity index (χ0n) is 12.4. The van der Waals surface area contributed by atoms with Gasteiger partial charge in [-0.15, -0.1) is 0 Å². The van der Waals surface area contributed by atoms with E-state index in [1.54, 1.807) is 0 Å². The molecule has 1 spiro atoms. The second-order valence-electron chi connectivity index (χ2n) is 6.88. The average Bonchev–Trinajstić information content (AvgIpc) is 3.35. The van der Waals surface area contributed by atoms with Crippen LogP contribution in [0.5, 0.6) is 0 Å². The molecule has 2 atom stereocenters. The van der Waals surface area contributed by atoms with Gasteiger partial charge in [0.05, 0.1) is 5.41 Å². The molecule has 0 N–H and O–H groups in total. The Labute approximate surface area is 127 Å². The van der Waals surface area contributed by atoms with E-state index in [1.807, 2.05) is 18.2 Å². The van der Waals surface area contributed by atoms with Gasteiger partial charge in [0.25, 0.3) is 0 Å². The van der Waals surface area contributed by atoms with Gasteiger partial charge < -0.3 is 4.90 Å². The number of hydrogen-bond acceptors (Lipinski definition) is 1. The molecule has 2 saturated carbocycles. The fourth-order valence-electron chi connectivity index (χ4n) is 3.94. The predicted molar refractivity (Wildman–Crippen MR) is 76.9 cm³/mol. The lowest BCUT2D eigenvalue weighted by Gasteiger charge is -2.20. The van der Waals surface area contributed by atoms with Crippen molar-refractivity contribution in [3.05, 3.63) is 29.3 Å². The van der Waals surface area contributed by atoms with Crippen LogP contribution in [0.3, 0.4) is 0 Å². The van der Waals surface area contributed by atoms with Gasteiger partial charge in [0.2, 0.25) is 5.91 Å². The number of anilines is 1. The normalized spacial score (nSPS) is 28.2. The van der Waals surface area contributed by atoms with Crippen LogP contribution in [0.2, 0.25) is 0 Å². The quantitative estimate of drug-likeness (QED) is 0.821. The highest BCUT2D eigenvalue weighted by Crippen LogP contribution is 2.59. The van der Waals surface area contributed by atoms with Crippen LogP contribution < -0.4 is 4.90 Å². The summed E-state index contributed by atoms with van der Waals surface area (Å²) in [6, 6.07) is 5.76. The Bertz CT molecular complexity index is 648. The zero-order valence-corrected chi connectivity index (χ0v) is 12.4. The van der Waals surface area contributed by atoms with Gasteiger partial charge in [-0.3, -0.25) is 4.79 Å². The molecule has 2 aliphatic carbocycles. The average molecular weight is 309 g/mol. The number of rotatable bonds is 3. The molecular formula is C17H18F3NO. The molecule has 0 radical (unpaired) electrons. The molecule has 2 nitrogen and oxygen atoms in total. The van der Waals surface area contributed by atoms with E-state index in [4.69, 9.17) is 0 Å². The molecule has 0 aromatic heterocycles. The Morgan fingerprint density at radius 3 is 2.59 bits per heavy atom. The van der Waals surface area contributed by atoms with Crippen molar-refractivity contribution in [3.8, 4) is 0 Å². The SMILES string of the molecule is CC[C@H]1C[C@@H]1c1ccc2c(c1)N(CC(F)(F)F)C(=O)C21CC1. The van der Waals surface area contributed by atoms with Crippen molar-refractivity contribution in [1.29, 1.82) is 0 Å². The molecule has 1 heterocycles. The highest BCUT2D eigenvalue weighted by Gasteiger charge is 2.60. The molecular weight excluding hydrogens is 291 g/mol. The fourth-order valence-corrected chi connectivity index (χ4v) is 3.94. The molecule has 2 fully saturated rings. The Hall–Kier alpha value is -1.52. The third-order valence-electron chi connectivity index (χ3n) is 5.45. The second kappa shape index (κ2) is 4.27. The number of benzene rings is 1. The standard InChI is InChI=1S/C17H18F3NO/c1-2-10-7-12(10)11-3-4-13-14(8-11)21(9-17(18,19)20)15(22)16(13)5-6-16/h3-4,8,10,12H,2,5-7,9H2,1H3/t10-,12-/m0/s1. The van der Waals surface area contributed by atoms with E-state index in [-0.39, 0.29) is 5.91 Å². The monoisotopic (exact) mass is 309 g/mol. The number of amides is 1. The molecule has 22 heavy (non-hydrogen) atoms. The first-order valence-electron chi connectivity index (χ1n) is 7.89. The Kier molecular flexibility index (Phi) is 2.73. The van der Waals surface area contributed by atoms with Crippen molar-refractivity contribution < 1.29 is 18.0 Å². The van der Waals surface area contributed by atoms with Gasteiger partial charge in [-0.05, 0) is 48.3 Å². The van der Waals surface area contributed by atoms with E-state index < -0.39 is 18.1 Å². The number of carbonyl (C=O) groups excluding carboxylic acids is 1. The molecule has 0 saturated heterocycles. The van der Waals surface area contributed by atoms with E-state index >= 15 is 0 Å². The van der Waals surface area contributed by atoms with Gasteiger partial charge in [-0.1, -0.05) is 25.5 Å². The largest absolute Gasteiger partial charge is 0.406 e. The minimum absolute atomic E-state index is 0.361. The Morgan fingerprint density at radius 1 is 1.32 bits per heavy atom. The molecule has 3 aliphatic rings. The first-order valence-corrected chi connectivity index (χ1v) is 7.89. The molecule has 0 bridgehead atoms. The van der Waals surface area contributed by atoms with Crippen molar-refractivity contribution in [1.82, 2.24) is 0 Å². The summed E-state index contributed by atoms with van der Waals surface area (Å²) < 4.78 is 38.5. The lowest BCUT2D eigenvalue weighted by molar-refractivity contribution is -0.132. The minimum Gasteiger partial charge on any atom is -0.302 e. The summed E-state index contributed by atoms with van der Waals surface area (Å²) in [6.07, 6.45) is -0.819. The topological polar surface area (TPSA) is 20.3 Å². The van der Waals surface area contributed by atoms with Crippen molar-refractivity contribution in [2.75, 3.05) is 11.4 Å². The summed E-state index contributed by atoms with van der Waals surface area (Å²) in [4.78, 5) is 13.4. The van der Waals surface area contributed by atoms with Crippen LogP contribution in [0.1, 0.15) is 49.7 Å². The molecule has 118 valence electrons. The van der Waals surface area contributed by atoms with Gasteiger partial charge >= 0.3 is 6.18 Å². The molecule has 4 rings (SSSR count). The van der Waals surface area contributed by atoms with E-state index in [9.17, 15) is 18.0 Å². The van der Waals surface area contributed by atoms with E-state index in [0.717, 1.165) is 28.9 Å². The van der Waals surface area contributed by atoms with E-state index in [2.05, 4.69) is 6.92 Å². The number of nitrogens with zero attached hydrogens (tertiary/aromatic N) is 1. The lowest BCUT2D eigenvalue weighted by Crippen LogP contribution is -2.39. The highest BCUT2D eigenvalue weighted by molar-refractivity contribution is 6.10. The molecule has 1 aromatic carbocycles. The van der Waals surface area contributed by atoms with Gasteiger partial charge in [0.15, 0.2) is 0 Å². The summed E-state index contributed by atoms with van der Waals surface area (Å²) in [6.45, 7) is 0.961. The third kappa shape index (κ3) is 1.97. The molecule has 1 aliphatic heterocycles. The Morgan fingerprint density at radius 2 is 2.05 bits per heavy atom. The highest BCUT2D eigenvalue weighted by atomic mass is 19.4. The fraction of sp³-hybridized carbons (Fsp3) is 0.588. The summed E-state index contributed by atoms with van der Waals surface area (Å²) in [5, 5.41) is 0. The maximum absolute atomic E-state index is 12.8. The molecule has 5 heteroatoms. The summed E-state index contributed by atoms with van der Waals surface area (Å²) >= 11 is 0. The van der Waals surface area contributed by atoms with Crippen molar-refractivity contribution in [2.45, 2.75) is 50.1 Å². The number of carbonyl (C=O) groups is 1. The van der Waals surface area contributed by atoms with Gasteiger partial charge in [-0.25, -0.2) is 0 Å². The zero-order chi connectivity index (χ0) is 15.7. The smallest absolute Gasteiger partial charge is 0.302 e. The summed E-state index contributed by atoms with van der Waals surface area (Å²) in [7, 11) is 0. The number of halogens is 3. The van der Waals surface area contributed by atoms with Crippen molar-refractivity contribution in [2.24, 2.45) is 5.92 Å². The van der Waals surface area contributed by atoms with Gasteiger partial charge in [0.1, 0.15) is 6.54 Å². The second-order valence-corrected chi connectivity index (χ2v) is 6.88. The van der Waals surface area contributed by atoms with Crippen LogP contribution >= 0.6 is 0 Å². The van der Waals surface area contributed by atoms with Crippen LogP contribution in [0.4, 0.5) is 18.9 Å². The summed E-state index contributed by atoms with van der Waals surface area (Å²) in [5.74, 6) is 0.731. The van der Waals surface area contributed by atoms with Crippen molar-refractivity contribution in [3.63, 3.8) is 0 Å². The number of alkyl halides is 3. The maximum atomic E-state index is 12.8. The first-order chi connectivity index (χ1) is 10.4. The van der Waals surface area contributed by atoms with Crippen molar-refractivity contribution >= 4 is 11.6 Å². The number of fused-ring (bicyclic) bond motifs is 2. The van der Waals surface area contributed by atoms with Crippen LogP contribution in [-0.2, 0) is 10.2 Å². The maximum Gasteiger partial charge on any atom is 0.406 e. The predicted octanol–water partition coefficient (Wildman–Crippen LogP) is 4.14. The third-order valence-corrected chi connectivity index (χ3v) is 5.45. The molecule has 1 aromatic rings. The van der Waals surface area contributed by atoms with Crippen LogP contribution in [0.25, 0.3) is 0 Å². The molecule has 0 unspecified atom stereocenters. The van der Waals surface area contributed by atoms with E-state index in [1.165, 1.54) is 0 Å². The van der Waals surface area contributed by atoms with Crippen LogP contribution in [0, 0.1) is 5.92 Å². The molecule has 1 amide bonds. The van der Waals surface area contributed by atoms with E-state index in [0.29, 0.717) is 30.4 Å². The minimum atomic E-state index is -4.37. The number of hydrogen-bond donors (Lipinski definition) is 0. The van der Waals surface area contributed by atoms with Crippen LogP contribution in [0.15, 0.2) is 18.2 Å². The van der Waals surface area contributed by atoms with Crippen LogP contribution in [-0.4, -0.2) is 18.6 Å². The first kappa shape index (κ1) is 14.1.